The van der Waals surface area contributed by atoms with E-state index in [-0.39, 0.29) is 10.8 Å². The van der Waals surface area contributed by atoms with Gasteiger partial charge in [0.25, 0.3) is 0 Å². The second kappa shape index (κ2) is 23.5. The first-order chi connectivity index (χ1) is 48.4. The Morgan fingerprint density at radius 3 is 1.25 bits per heavy atom. The van der Waals surface area contributed by atoms with Crippen molar-refractivity contribution in [3.63, 3.8) is 0 Å². The van der Waals surface area contributed by atoms with E-state index in [1.165, 1.54) is 172 Å². The van der Waals surface area contributed by atoms with Gasteiger partial charge in [-0.15, -0.1) is 0 Å². The summed E-state index contributed by atoms with van der Waals surface area (Å²) in [5.74, 6) is 0.296. The zero-order valence-corrected chi connectivity index (χ0v) is 56.6. The highest BCUT2D eigenvalue weighted by atomic mass is 15.0. The van der Waals surface area contributed by atoms with Gasteiger partial charge >= 0.3 is 0 Å². The van der Waals surface area contributed by atoms with E-state index in [4.69, 9.17) is 0 Å². The number of rotatable bonds is 12. The first-order valence-corrected chi connectivity index (χ1v) is 34.9. The summed E-state index contributed by atoms with van der Waals surface area (Å²) >= 11 is 0. The Hall–Kier alpha value is -11.8. The highest BCUT2D eigenvalue weighted by molar-refractivity contribution is 6.13. The smallest absolute Gasteiger partial charge is 0.0544 e. The van der Waals surface area contributed by atoms with Crippen LogP contribution in [0, 0.1) is 11.3 Å². The van der Waals surface area contributed by atoms with Gasteiger partial charge in [-0.25, -0.2) is 0 Å². The van der Waals surface area contributed by atoms with Crippen molar-refractivity contribution in [3.05, 3.63) is 367 Å². The number of allylic oxidation sites excluding steroid dienone is 6. The zero-order valence-electron chi connectivity index (χ0n) is 56.6. The lowest BCUT2D eigenvalue weighted by Crippen LogP contribution is -2.19. The molecule has 1 unspecified atom stereocenters. The van der Waals surface area contributed by atoms with Crippen LogP contribution in [0.25, 0.3) is 150 Å². The standard InChI is InChI=1S/C97H74N2/c1-7-8-38-88-62(2)82-58-86-84-56-71(67-33-23-35-69(48-67)77-52-73(63-25-13-9-14-26-63)50-74(53-77)64-27-15-10-16-28-64)40-46-92(84)98(94(86)60-90(82)96(88,3)4)79-42-44-80(45-43-79)99-93-47-41-72(57-85(93)87-59-83-81-37-21-22-39-89(81)97(5,6)91(83)61-95(87)99)68-34-24-36-70(49-68)78-54-75(65-29-17-11-18-30-65)51-76(55-78)66-31-19-12-20-32-66/h7-57,59-61,82H,1,58H2,2-6H3/b38-8-. The van der Waals surface area contributed by atoms with Gasteiger partial charge in [-0.05, 0) is 251 Å². The molecule has 15 aromatic rings. The average molecular weight is 1270 g/mol. The Bertz CT molecular complexity index is 5750. The number of benzene rings is 13. The average Bonchev–Trinajstić information content (AvgIpc) is 1.55. The van der Waals surface area contributed by atoms with Crippen LogP contribution < -0.4 is 0 Å². The molecule has 0 amide bonds. The van der Waals surface area contributed by atoms with Gasteiger partial charge in [0.1, 0.15) is 0 Å². The lowest BCUT2D eigenvalue weighted by atomic mass is 9.75. The first kappa shape index (κ1) is 59.6. The molecule has 3 aliphatic rings. The summed E-state index contributed by atoms with van der Waals surface area (Å²) < 4.78 is 5.08. The third-order valence-corrected chi connectivity index (χ3v) is 22.1. The summed E-state index contributed by atoms with van der Waals surface area (Å²) in [5.41, 5.74) is 37.0. The fraction of sp³-hybridized carbons (Fsp3) is 0.0928. The molecule has 99 heavy (non-hydrogen) atoms. The molecule has 18 rings (SSSR count). The molecule has 0 saturated carbocycles. The Morgan fingerprint density at radius 2 is 0.747 bits per heavy atom. The second-order valence-electron chi connectivity index (χ2n) is 28.5. The Kier molecular flexibility index (Phi) is 14.1. The predicted molar refractivity (Wildman–Crippen MR) is 420 cm³/mol. The largest absolute Gasteiger partial charge is 0.310 e. The van der Waals surface area contributed by atoms with Crippen LogP contribution in [0.4, 0.5) is 0 Å². The van der Waals surface area contributed by atoms with Crippen LogP contribution in [0.15, 0.2) is 345 Å². The molecule has 2 aromatic heterocycles. The van der Waals surface area contributed by atoms with Gasteiger partial charge in [0.15, 0.2) is 0 Å². The summed E-state index contributed by atoms with van der Waals surface area (Å²) in [5, 5.41) is 3.78. The van der Waals surface area contributed by atoms with Crippen molar-refractivity contribution in [2.24, 2.45) is 11.3 Å². The SMILES string of the molecule is C=C/C=C\C1=C(C)C2Cc3c(n(-c4ccc(-n5c6ccc(-c7cccc(-c8cc(-c9ccccc9)cc(-c9ccccc9)c8)c7)cc6c6cc7c(cc65)C(C)(C)c5ccccc5-7)cc4)c4ccc(-c5cccc(-c6cc(-c7ccccc7)cc(-c7ccccc7)c6)c5)cc34)C=C2C1(C)C. The molecule has 0 bridgehead atoms. The van der Waals surface area contributed by atoms with E-state index in [1.54, 1.807) is 0 Å². The number of hydrogen-bond donors (Lipinski definition) is 0. The highest BCUT2D eigenvalue weighted by Gasteiger charge is 2.44. The van der Waals surface area contributed by atoms with Crippen molar-refractivity contribution in [2.75, 3.05) is 0 Å². The van der Waals surface area contributed by atoms with Gasteiger partial charge in [-0.2, -0.15) is 0 Å². The van der Waals surface area contributed by atoms with E-state index in [1.807, 2.05) is 6.08 Å². The molecule has 472 valence electrons. The van der Waals surface area contributed by atoms with Crippen molar-refractivity contribution in [2.45, 2.75) is 46.5 Å². The van der Waals surface area contributed by atoms with Gasteiger partial charge in [0.2, 0.25) is 0 Å². The quantitative estimate of drug-likeness (QED) is 0.108. The van der Waals surface area contributed by atoms with Crippen LogP contribution in [-0.4, -0.2) is 9.13 Å². The molecule has 0 N–H and O–H groups in total. The van der Waals surface area contributed by atoms with Crippen LogP contribution in [0.5, 0.6) is 0 Å². The molecule has 3 aliphatic carbocycles. The molecule has 1 atom stereocenters. The van der Waals surface area contributed by atoms with Gasteiger partial charge in [0, 0.05) is 44.3 Å². The number of fused-ring (bicyclic) bond motifs is 10. The molecule has 2 heteroatoms. The summed E-state index contributed by atoms with van der Waals surface area (Å²) in [6.45, 7) is 16.0. The van der Waals surface area contributed by atoms with E-state index in [2.05, 4.69) is 372 Å². The summed E-state index contributed by atoms with van der Waals surface area (Å²) in [4.78, 5) is 0. The van der Waals surface area contributed by atoms with Crippen molar-refractivity contribution in [3.8, 4) is 112 Å². The molecule has 13 aromatic carbocycles. The maximum absolute atomic E-state index is 4.07. The maximum atomic E-state index is 4.07. The third kappa shape index (κ3) is 9.99. The minimum absolute atomic E-state index is 0.155. The van der Waals surface area contributed by atoms with Crippen LogP contribution >= 0.6 is 0 Å². The van der Waals surface area contributed by atoms with Crippen molar-refractivity contribution < 1.29 is 0 Å². The number of nitrogens with zero attached hydrogens (tertiary/aromatic N) is 2. The van der Waals surface area contributed by atoms with Crippen LogP contribution in [0.1, 0.15) is 57.0 Å². The summed E-state index contributed by atoms with van der Waals surface area (Å²) in [6, 6.07) is 113. The topological polar surface area (TPSA) is 9.86 Å². The lowest BCUT2D eigenvalue weighted by Gasteiger charge is -2.29. The Balaban J connectivity index is 0.769. The van der Waals surface area contributed by atoms with Gasteiger partial charge in [0.05, 0.1) is 22.2 Å². The fourth-order valence-corrected chi connectivity index (χ4v) is 17.1. The molecular weight excluding hydrogens is 1190 g/mol. The molecule has 2 heterocycles. The van der Waals surface area contributed by atoms with E-state index >= 15 is 0 Å². The van der Waals surface area contributed by atoms with E-state index in [0.717, 1.165) is 17.8 Å². The van der Waals surface area contributed by atoms with Crippen molar-refractivity contribution in [1.29, 1.82) is 0 Å². The summed E-state index contributed by atoms with van der Waals surface area (Å²) in [7, 11) is 0. The Labute approximate surface area is 580 Å². The fourth-order valence-electron chi connectivity index (χ4n) is 17.1. The maximum Gasteiger partial charge on any atom is 0.0544 e. The minimum atomic E-state index is -0.175. The number of aromatic nitrogens is 2. The molecule has 0 saturated heterocycles. The molecule has 2 nitrogen and oxygen atoms in total. The number of hydrogen-bond acceptors (Lipinski definition) is 0. The monoisotopic (exact) mass is 1270 g/mol. The third-order valence-electron chi connectivity index (χ3n) is 22.1. The second-order valence-corrected chi connectivity index (χ2v) is 28.5. The van der Waals surface area contributed by atoms with Crippen molar-refractivity contribution >= 4 is 38.8 Å². The zero-order chi connectivity index (χ0) is 66.7. The van der Waals surface area contributed by atoms with Crippen LogP contribution in [0.2, 0.25) is 0 Å². The molecule has 0 spiro atoms. The van der Waals surface area contributed by atoms with E-state index in [0.29, 0.717) is 5.92 Å². The first-order valence-electron chi connectivity index (χ1n) is 34.9. The van der Waals surface area contributed by atoms with E-state index in [9.17, 15) is 0 Å². The van der Waals surface area contributed by atoms with Crippen LogP contribution in [-0.2, 0) is 11.8 Å². The van der Waals surface area contributed by atoms with Crippen molar-refractivity contribution in [1.82, 2.24) is 9.13 Å². The molecule has 0 fully saturated rings. The van der Waals surface area contributed by atoms with E-state index < -0.39 is 0 Å². The lowest BCUT2D eigenvalue weighted by molar-refractivity contribution is 0.529. The minimum Gasteiger partial charge on any atom is -0.310 e. The normalized spacial score (nSPS) is 15.0. The highest BCUT2D eigenvalue weighted by Crippen LogP contribution is 2.57. The molecule has 0 aliphatic heterocycles. The van der Waals surface area contributed by atoms with Gasteiger partial charge in [-0.3, -0.25) is 0 Å². The Morgan fingerprint density at radius 1 is 0.343 bits per heavy atom. The van der Waals surface area contributed by atoms with Gasteiger partial charge < -0.3 is 9.13 Å². The molecular formula is C97H74N2. The van der Waals surface area contributed by atoms with Gasteiger partial charge in [-0.1, -0.05) is 258 Å². The van der Waals surface area contributed by atoms with Crippen LogP contribution in [0.3, 0.4) is 0 Å². The predicted octanol–water partition coefficient (Wildman–Crippen LogP) is 26.0. The summed E-state index contributed by atoms with van der Waals surface area (Å²) in [6.07, 6.45) is 9.81. The molecule has 0 radical (unpaired) electrons.